The van der Waals surface area contributed by atoms with Gasteiger partial charge in [-0.2, -0.15) is 0 Å². The summed E-state index contributed by atoms with van der Waals surface area (Å²) in [6.45, 7) is 11.9. The Kier molecular flexibility index (Phi) is 6.80. The van der Waals surface area contributed by atoms with Gasteiger partial charge in [0.05, 0.1) is 0 Å². The van der Waals surface area contributed by atoms with Crippen molar-refractivity contribution in [3.63, 3.8) is 0 Å². The van der Waals surface area contributed by atoms with E-state index >= 15 is 0 Å². The number of amides is 1. The topological polar surface area (TPSA) is 58.4 Å². The van der Waals surface area contributed by atoms with E-state index in [2.05, 4.69) is 19.2 Å². The quantitative estimate of drug-likeness (QED) is 0.767. The van der Waals surface area contributed by atoms with Gasteiger partial charge in [-0.05, 0) is 37.8 Å². The Labute approximate surface area is 118 Å². The third-order valence-electron chi connectivity index (χ3n) is 4.21. The highest BCUT2D eigenvalue weighted by atomic mass is 16.2. The Morgan fingerprint density at radius 3 is 2.26 bits per heavy atom. The second kappa shape index (κ2) is 7.85. The van der Waals surface area contributed by atoms with Gasteiger partial charge in [0.2, 0.25) is 5.91 Å². The van der Waals surface area contributed by atoms with Gasteiger partial charge in [0, 0.05) is 25.0 Å². The van der Waals surface area contributed by atoms with Crippen LogP contribution in [0.4, 0.5) is 0 Å². The molecule has 0 spiro atoms. The minimum atomic E-state index is 0.118. The summed E-state index contributed by atoms with van der Waals surface area (Å²) in [4.78, 5) is 13.9. The van der Waals surface area contributed by atoms with Crippen LogP contribution in [0.25, 0.3) is 0 Å². The van der Waals surface area contributed by atoms with Crippen LogP contribution < -0.4 is 11.1 Å². The van der Waals surface area contributed by atoms with Crippen molar-refractivity contribution in [1.29, 1.82) is 0 Å². The second-order valence-electron chi connectivity index (χ2n) is 6.40. The first-order valence-corrected chi connectivity index (χ1v) is 7.68. The Balaban J connectivity index is 2.29. The zero-order valence-corrected chi connectivity index (χ0v) is 13.0. The third kappa shape index (κ3) is 5.11. The van der Waals surface area contributed by atoms with Gasteiger partial charge in [0.25, 0.3) is 0 Å². The zero-order chi connectivity index (χ0) is 14.4. The van der Waals surface area contributed by atoms with Gasteiger partial charge >= 0.3 is 0 Å². The Morgan fingerprint density at radius 2 is 1.84 bits per heavy atom. The number of hydrogen-bond donors (Lipinski definition) is 2. The molecule has 1 atom stereocenters. The van der Waals surface area contributed by atoms with Crippen molar-refractivity contribution in [3.8, 4) is 0 Å². The van der Waals surface area contributed by atoms with E-state index in [0.29, 0.717) is 23.8 Å². The summed E-state index contributed by atoms with van der Waals surface area (Å²) in [5.41, 5.74) is 5.79. The number of nitrogens with two attached hydrogens (primary N) is 1. The molecule has 1 aliphatic heterocycles. The molecule has 1 rings (SSSR count). The van der Waals surface area contributed by atoms with Crippen LogP contribution in [0.5, 0.6) is 0 Å². The number of nitrogens with zero attached hydrogens (tertiary/aromatic N) is 1. The number of piperidine rings is 1. The average molecular weight is 269 g/mol. The molecule has 0 aliphatic carbocycles. The summed E-state index contributed by atoms with van der Waals surface area (Å²) in [5, 5.41) is 3.62. The molecule has 0 aromatic carbocycles. The zero-order valence-electron chi connectivity index (χ0n) is 13.0. The number of hydrogen-bond acceptors (Lipinski definition) is 3. The minimum Gasteiger partial charge on any atom is -0.342 e. The molecule has 19 heavy (non-hydrogen) atoms. The lowest BCUT2D eigenvalue weighted by atomic mass is 9.95. The van der Waals surface area contributed by atoms with Crippen molar-refractivity contribution in [2.45, 2.75) is 46.6 Å². The fraction of sp³-hybridized carbons (Fsp3) is 0.933. The van der Waals surface area contributed by atoms with Crippen LogP contribution in [0, 0.1) is 17.8 Å². The van der Waals surface area contributed by atoms with Crippen LogP contribution in [0.2, 0.25) is 0 Å². The molecule has 1 aliphatic rings. The Morgan fingerprint density at radius 1 is 1.26 bits per heavy atom. The molecule has 0 aromatic heterocycles. The van der Waals surface area contributed by atoms with E-state index in [0.717, 1.165) is 39.0 Å². The van der Waals surface area contributed by atoms with Crippen LogP contribution in [-0.4, -0.2) is 43.0 Å². The summed E-state index contributed by atoms with van der Waals surface area (Å²) in [6, 6.07) is 0.545. The lowest BCUT2D eigenvalue weighted by Gasteiger charge is -2.34. The largest absolute Gasteiger partial charge is 0.342 e. The molecule has 0 bridgehead atoms. The smallest absolute Gasteiger partial charge is 0.225 e. The number of carbonyl (C=O) groups is 1. The van der Waals surface area contributed by atoms with Crippen molar-refractivity contribution >= 4 is 5.91 Å². The summed E-state index contributed by atoms with van der Waals surface area (Å²) in [5.74, 6) is 1.59. The summed E-state index contributed by atoms with van der Waals surface area (Å²) >= 11 is 0. The molecule has 0 aromatic rings. The van der Waals surface area contributed by atoms with Crippen LogP contribution in [0.15, 0.2) is 0 Å². The molecular weight excluding hydrogens is 238 g/mol. The van der Waals surface area contributed by atoms with Crippen molar-refractivity contribution in [3.05, 3.63) is 0 Å². The number of carbonyl (C=O) groups excluding carboxylic acids is 1. The lowest BCUT2D eigenvalue weighted by molar-refractivity contribution is -0.135. The molecule has 1 amide bonds. The molecule has 1 saturated heterocycles. The molecular formula is C15H31N3O. The van der Waals surface area contributed by atoms with Gasteiger partial charge in [0.15, 0.2) is 0 Å². The number of rotatable bonds is 6. The molecule has 0 radical (unpaired) electrons. The maximum atomic E-state index is 11.9. The van der Waals surface area contributed by atoms with Crippen molar-refractivity contribution in [2.75, 3.05) is 26.2 Å². The molecule has 1 heterocycles. The van der Waals surface area contributed by atoms with Crippen molar-refractivity contribution in [1.82, 2.24) is 10.2 Å². The minimum absolute atomic E-state index is 0.118. The van der Waals surface area contributed by atoms with Crippen molar-refractivity contribution in [2.24, 2.45) is 23.5 Å². The van der Waals surface area contributed by atoms with Crippen molar-refractivity contribution < 1.29 is 4.79 Å². The summed E-state index contributed by atoms with van der Waals surface area (Å²) < 4.78 is 0. The maximum Gasteiger partial charge on any atom is 0.225 e. The standard InChI is InChI=1S/C15H31N3O/c1-11(2)13(9-16)10-17-14-5-7-18(8-6-14)15(19)12(3)4/h11-14,17H,5-10,16H2,1-4H3. The Bertz CT molecular complexity index is 271. The highest BCUT2D eigenvalue weighted by Crippen LogP contribution is 2.14. The molecule has 3 N–H and O–H groups in total. The van der Waals surface area contributed by atoms with E-state index in [1.54, 1.807) is 0 Å². The monoisotopic (exact) mass is 269 g/mol. The molecule has 112 valence electrons. The van der Waals surface area contributed by atoms with Crippen LogP contribution >= 0.6 is 0 Å². The van der Waals surface area contributed by atoms with E-state index in [9.17, 15) is 4.79 Å². The van der Waals surface area contributed by atoms with Crippen LogP contribution in [0.3, 0.4) is 0 Å². The molecule has 0 saturated carbocycles. The van der Waals surface area contributed by atoms with Gasteiger partial charge in [-0.1, -0.05) is 27.7 Å². The highest BCUT2D eigenvalue weighted by Gasteiger charge is 2.24. The second-order valence-corrected chi connectivity index (χ2v) is 6.40. The first-order chi connectivity index (χ1) is 8.95. The molecule has 4 heteroatoms. The van der Waals surface area contributed by atoms with E-state index < -0.39 is 0 Å². The first kappa shape index (κ1) is 16.4. The van der Waals surface area contributed by atoms with E-state index in [-0.39, 0.29) is 5.92 Å². The Hall–Kier alpha value is -0.610. The highest BCUT2D eigenvalue weighted by molar-refractivity contribution is 5.78. The lowest BCUT2D eigenvalue weighted by Crippen LogP contribution is -2.47. The third-order valence-corrected chi connectivity index (χ3v) is 4.21. The predicted molar refractivity (Wildman–Crippen MR) is 79.8 cm³/mol. The fourth-order valence-corrected chi connectivity index (χ4v) is 2.58. The van der Waals surface area contributed by atoms with E-state index in [1.165, 1.54) is 0 Å². The molecule has 4 nitrogen and oxygen atoms in total. The predicted octanol–water partition coefficient (Wildman–Crippen LogP) is 1.45. The van der Waals surface area contributed by atoms with E-state index in [1.807, 2.05) is 18.7 Å². The van der Waals surface area contributed by atoms with Gasteiger partial charge in [-0.25, -0.2) is 0 Å². The van der Waals surface area contributed by atoms with Gasteiger partial charge in [0.1, 0.15) is 0 Å². The van der Waals surface area contributed by atoms with Crippen LogP contribution in [-0.2, 0) is 4.79 Å². The van der Waals surface area contributed by atoms with Gasteiger partial charge < -0.3 is 16.0 Å². The first-order valence-electron chi connectivity index (χ1n) is 7.68. The SMILES string of the molecule is CC(C)C(=O)N1CCC(NCC(CN)C(C)C)CC1. The fourth-order valence-electron chi connectivity index (χ4n) is 2.58. The molecule has 1 unspecified atom stereocenters. The van der Waals surface area contributed by atoms with Gasteiger partial charge in [-0.15, -0.1) is 0 Å². The van der Waals surface area contributed by atoms with Gasteiger partial charge in [-0.3, -0.25) is 4.79 Å². The maximum absolute atomic E-state index is 11.9. The summed E-state index contributed by atoms with van der Waals surface area (Å²) in [6.07, 6.45) is 2.13. The number of likely N-dealkylation sites (tertiary alicyclic amines) is 1. The number of nitrogens with one attached hydrogen (secondary N) is 1. The summed E-state index contributed by atoms with van der Waals surface area (Å²) in [7, 11) is 0. The van der Waals surface area contributed by atoms with E-state index in [4.69, 9.17) is 5.73 Å². The molecule has 1 fully saturated rings. The average Bonchev–Trinajstić information content (AvgIpc) is 2.38. The van der Waals surface area contributed by atoms with Crippen LogP contribution in [0.1, 0.15) is 40.5 Å². The normalized spacial score (nSPS) is 19.2.